The SMILES string of the molecule is OCCN(CCO)c1ccc(-c2ncc3ccccc3n2)cc1. The molecule has 5 nitrogen and oxygen atoms in total. The van der Waals surface area contributed by atoms with Crippen molar-refractivity contribution in [2.45, 2.75) is 0 Å². The Labute approximate surface area is 134 Å². The second-order valence-corrected chi connectivity index (χ2v) is 5.23. The highest BCUT2D eigenvalue weighted by molar-refractivity contribution is 5.79. The van der Waals surface area contributed by atoms with E-state index in [2.05, 4.69) is 9.97 Å². The van der Waals surface area contributed by atoms with Crippen molar-refractivity contribution in [3.63, 3.8) is 0 Å². The van der Waals surface area contributed by atoms with Crippen molar-refractivity contribution in [1.29, 1.82) is 0 Å². The second-order valence-electron chi connectivity index (χ2n) is 5.23. The Hall–Kier alpha value is -2.50. The van der Waals surface area contributed by atoms with Gasteiger partial charge in [-0.15, -0.1) is 0 Å². The van der Waals surface area contributed by atoms with Crippen molar-refractivity contribution in [3.8, 4) is 11.4 Å². The van der Waals surface area contributed by atoms with Crippen LogP contribution in [0.25, 0.3) is 22.3 Å². The molecule has 0 bridgehead atoms. The average Bonchev–Trinajstić information content (AvgIpc) is 2.61. The summed E-state index contributed by atoms with van der Waals surface area (Å²) in [5.74, 6) is 0.686. The molecule has 2 aromatic carbocycles. The molecule has 118 valence electrons. The number of para-hydroxylation sites is 1. The van der Waals surface area contributed by atoms with E-state index < -0.39 is 0 Å². The minimum absolute atomic E-state index is 0.0511. The predicted molar refractivity (Wildman–Crippen MR) is 91.4 cm³/mol. The summed E-state index contributed by atoms with van der Waals surface area (Å²) >= 11 is 0. The number of hydrogen-bond acceptors (Lipinski definition) is 5. The molecule has 0 aliphatic carbocycles. The molecule has 0 spiro atoms. The summed E-state index contributed by atoms with van der Waals surface area (Å²) in [6.45, 7) is 1.09. The number of benzene rings is 2. The van der Waals surface area contributed by atoms with E-state index in [0.29, 0.717) is 18.9 Å². The molecule has 5 heteroatoms. The zero-order valence-corrected chi connectivity index (χ0v) is 12.8. The van der Waals surface area contributed by atoms with Gasteiger partial charge in [0.1, 0.15) is 0 Å². The summed E-state index contributed by atoms with van der Waals surface area (Å²) in [6.07, 6.45) is 1.83. The van der Waals surface area contributed by atoms with Crippen LogP contribution in [0, 0.1) is 0 Å². The molecule has 0 atom stereocenters. The van der Waals surface area contributed by atoms with Crippen LogP contribution in [0.4, 0.5) is 5.69 Å². The van der Waals surface area contributed by atoms with Gasteiger partial charge in [0.15, 0.2) is 5.82 Å². The van der Waals surface area contributed by atoms with Gasteiger partial charge in [-0.25, -0.2) is 9.97 Å². The minimum Gasteiger partial charge on any atom is -0.395 e. The van der Waals surface area contributed by atoms with Crippen LogP contribution in [0.2, 0.25) is 0 Å². The first-order chi connectivity index (χ1) is 11.3. The fraction of sp³-hybridized carbons (Fsp3) is 0.222. The molecule has 0 radical (unpaired) electrons. The van der Waals surface area contributed by atoms with Crippen LogP contribution >= 0.6 is 0 Å². The number of rotatable bonds is 6. The van der Waals surface area contributed by atoms with Crippen LogP contribution in [0.15, 0.2) is 54.7 Å². The fourth-order valence-corrected chi connectivity index (χ4v) is 2.54. The fourth-order valence-electron chi connectivity index (χ4n) is 2.54. The van der Waals surface area contributed by atoms with Gasteiger partial charge in [-0.1, -0.05) is 18.2 Å². The molecular weight excluding hydrogens is 290 g/mol. The summed E-state index contributed by atoms with van der Waals surface area (Å²) in [7, 11) is 0. The summed E-state index contributed by atoms with van der Waals surface area (Å²) in [5.41, 5.74) is 2.81. The molecule has 2 N–H and O–H groups in total. The number of aromatic nitrogens is 2. The van der Waals surface area contributed by atoms with Gasteiger partial charge >= 0.3 is 0 Å². The van der Waals surface area contributed by atoms with E-state index >= 15 is 0 Å². The Bertz CT molecular complexity index is 769. The number of aliphatic hydroxyl groups is 2. The highest BCUT2D eigenvalue weighted by Gasteiger charge is 2.07. The Morgan fingerprint density at radius 3 is 2.26 bits per heavy atom. The Kier molecular flexibility index (Phi) is 4.80. The first-order valence-corrected chi connectivity index (χ1v) is 7.60. The third kappa shape index (κ3) is 3.47. The van der Waals surface area contributed by atoms with Gasteiger partial charge in [-0.3, -0.25) is 0 Å². The van der Waals surface area contributed by atoms with Gasteiger partial charge < -0.3 is 15.1 Å². The molecule has 0 fully saturated rings. The monoisotopic (exact) mass is 309 g/mol. The summed E-state index contributed by atoms with van der Waals surface area (Å²) in [6, 6.07) is 15.7. The van der Waals surface area contributed by atoms with Crippen LogP contribution in [-0.4, -0.2) is 46.5 Å². The quantitative estimate of drug-likeness (QED) is 0.729. The van der Waals surface area contributed by atoms with E-state index in [1.165, 1.54) is 0 Å². The summed E-state index contributed by atoms with van der Waals surface area (Å²) in [5, 5.41) is 19.2. The zero-order valence-electron chi connectivity index (χ0n) is 12.8. The lowest BCUT2D eigenvalue weighted by Crippen LogP contribution is -2.29. The third-order valence-electron chi connectivity index (χ3n) is 3.72. The zero-order chi connectivity index (χ0) is 16.1. The maximum Gasteiger partial charge on any atom is 0.159 e. The number of anilines is 1. The largest absolute Gasteiger partial charge is 0.395 e. The third-order valence-corrected chi connectivity index (χ3v) is 3.72. The van der Waals surface area contributed by atoms with Crippen LogP contribution in [0.5, 0.6) is 0 Å². The molecule has 0 amide bonds. The van der Waals surface area contributed by atoms with Crippen molar-refractivity contribution >= 4 is 16.6 Å². The molecule has 0 saturated carbocycles. The normalized spacial score (nSPS) is 10.9. The van der Waals surface area contributed by atoms with E-state index in [4.69, 9.17) is 10.2 Å². The van der Waals surface area contributed by atoms with Crippen molar-refractivity contribution in [2.75, 3.05) is 31.2 Å². The highest BCUT2D eigenvalue weighted by atomic mass is 16.3. The topological polar surface area (TPSA) is 69.5 Å². The smallest absolute Gasteiger partial charge is 0.159 e. The van der Waals surface area contributed by atoms with E-state index in [9.17, 15) is 0 Å². The maximum absolute atomic E-state index is 9.11. The molecule has 23 heavy (non-hydrogen) atoms. The van der Waals surface area contributed by atoms with Crippen molar-refractivity contribution in [3.05, 3.63) is 54.7 Å². The lowest BCUT2D eigenvalue weighted by atomic mass is 10.1. The Morgan fingerprint density at radius 2 is 1.57 bits per heavy atom. The highest BCUT2D eigenvalue weighted by Crippen LogP contribution is 2.22. The second kappa shape index (κ2) is 7.17. The van der Waals surface area contributed by atoms with Crippen LogP contribution < -0.4 is 4.90 Å². The molecule has 0 saturated heterocycles. The van der Waals surface area contributed by atoms with Crippen molar-refractivity contribution < 1.29 is 10.2 Å². The van der Waals surface area contributed by atoms with Gasteiger partial charge in [0.05, 0.1) is 18.7 Å². The molecule has 0 aliphatic heterocycles. The molecule has 3 aromatic rings. The molecular formula is C18H19N3O2. The predicted octanol–water partition coefficient (Wildman–Crippen LogP) is 2.09. The molecule has 1 aromatic heterocycles. The van der Waals surface area contributed by atoms with Gasteiger partial charge in [0.2, 0.25) is 0 Å². The first kappa shape index (κ1) is 15.4. The Balaban J connectivity index is 1.88. The summed E-state index contributed by atoms with van der Waals surface area (Å²) < 4.78 is 0. The molecule has 3 rings (SSSR count). The Morgan fingerprint density at radius 1 is 0.870 bits per heavy atom. The minimum atomic E-state index is 0.0511. The van der Waals surface area contributed by atoms with Crippen LogP contribution in [0.3, 0.4) is 0 Å². The van der Waals surface area contributed by atoms with Gasteiger partial charge in [-0.2, -0.15) is 0 Å². The van der Waals surface area contributed by atoms with E-state index in [0.717, 1.165) is 22.2 Å². The van der Waals surface area contributed by atoms with Gasteiger partial charge in [0.25, 0.3) is 0 Å². The molecule has 1 heterocycles. The number of hydrogen-bond donors (Lipinski definition) is 2. The molecule has 0 aliphatic rings. The average molecular weight is 309 g/mol. The molecule has 0 unspecified atom stereocenters. The summed E-state index contributed by atoms with van der Waals surface area (Å²) in [4.78, 5) is 10.9. The van der Waals surface area contributed by atoms with E-state index in [-0.39, 0.29) is 13.2 Å². The number of nitrogens with zero attached hydrogens (tertiary/aromatic N) is 3. The van der Waals surface area contributed by atoms with Crippen LogP contribution in [-0.2, 0) is 0 Å². The lowest BCUT2D eigenvalue weighted by Gasteiger charge is -2.23. The van der Waals surface area contributed by atoms with Crippen molar-refractivity contribution in [2.24, 2.45) is 0 Å². The van der Waals surface area contributed by atoms with Gasteiger partial charge in [-0.05, 0) is 30.3 Å². The maximum atomic E-state index is 9.11. The standard InChI is InChI=1S/C18H19N3O2/c22-11-9-21(10-12-23)16-7-5-14(6-8-16)18-19-13-15-3-1-2-4-17(15)20-18/h1-8,13,22-23H,9-12H2. The number of aliphatic hydroxyl groups excluding tert-OH is 2. The van der Waals surface area contributed by atoms with Crippen molar-refractivity contribution in [1.82, 2.24) is 9.97 Å². The van der Waals surface area contributed by atoms with E-state index in [1.54, 1.807) is 0 Å². The van der Waals surface area contributed by atoms with Gasteiger partial charge in [0, 0.05) is 35.9 Å². The first-order valence-electron chi connectivity index (χ1n) is 7.60. The lowest BCUT2D eigenvalue weighted by molar-refractivity contribution is 0.281. The van der Waals surface area contributed by atoms with Crippen LogP contribution in [0.1, 0.15) is 0 Å². The van der Waals surface area contributed by atoms with E-state index in [1.807, 2.05) is 59.6 Å². The number of fused-ring (bicyclic) bond motifs is 1.